The summed E-state index contributed by atoms with van der Waals surface area (Å²) < 4.78 is 5.16. The van der Waals surface area contributed by atoms with Crippen LogP contribution in [0.1, 0.15) is 17.5 Å². The molecule has 2 aliphatic rings. The van der Waals surface area contributed by atoms with E-state index in [4.69, 9.17) is 4.74 Å². The van der Waals surface area contributed by atoms with Crippen LogP contribution in [0.25, 0.3) is 0 Å². The first-order chi connectivity index (χ1) is 13.6. The number of hydrogen-bond acceptors (Lipinski definition) is 4. The van der Waals surface area contributed by atoms with Gasteiger partial charge in [0, 0.05) is 44.0 Å². The summed E-state index contributed by atoms with van der Waals surface area (Å²) in [5.41, 5.74) is 4.28. The molecule has 0 unspecified atom stereocenters. The maximum Gasteiger partial charge on any atom is 0.227 e. The highest BCUT2D eigenvalue weighted by atomic mass is 16.5. The summed E-state index contributed by atoms with van der Waals surface area (Å²) in [6.45, 7) is 3.09. The third kappa shape index (κ3) is 4.68. The van der Waals surface area contributed by atoms with Crippen LogP contribution in [-0.4, -0.2) is 55.5 Å². The molecule has 0 atom stereocenters. The topological polar surface area (TPSA) is 93.4 Å². The molecule has 3 N–H and O–H groups in total. The third-order valence-corrected chi connectivity index (χ3v) is 5.50. The van der Waals surface area contributed by atoms with Gasteiger partial charge in [0.25, 0.3) is 0 Å². The molecule has 0 bridgehead atoms. The molecule has 2 aliphatic heterocycles. The number of aryl methyl sites for hydroxylation is 1. The molecule has 7 nitrogen and oxygen atoms in total. The molecule has 0 spiro atoms. The van der Waals surface area contributed by atoms with Gasteiger partial charge in [-0.2, -0.15) is 0 Å². The monoisotopic (exact) mass is 397 g/mol. The van der Waals surface area contributed by atoms with Crippen LogP contribution in [0.2, 0.25) is 0 Å². The van der Waals surface area contributed by atoms with E-state index in [9.17, 15) is 9.59 Å². The molecule has 2 aromatic rings. The van der Waals surface area contributed by atoms with Gasteiger partial charge < -0.3 is 25.3 Å². The predicted molar refractivity (Wildman–Crippen MR) is 112 cm³/mol. The summed E-state index contributed by atoms with van der Waals surface area (Å²) in [5, 5.41) is 2.92. The van der Waals surface area contributed by atoms with E-state index >= 15 is 0 Å². The van der Waals surface area contributed by atoms with E-state index in [-0.39, 0.29) is 17.3 Å². The van der Waals surface area contributed by atoms with Crippen molar-refractivity contribution < 1.29 is 19.8 Å². The van der Waals surface area contributed by atoms with Crippen LogP contribution in [0.4, 0.5) is 11.4 Å². The molecule has 29 heavy (non-hydrogen) atoms. The molecule has 0 aromatic heterocycles. The number of piperazine rings is 1. The van der Waals surface area contributed by atoms with Crippen LogP contribution in [0, 0.1) is 0 Å². The van der Waals surface area contributed by atoms with E-state index in [0.717, 1.165) is 55.3 Å². The van der Waals surface area contributed by atoms with Crippen molar-refractivity contribution in [3.05, 3.63) is 53.6 Å². The number of methoxy groups -OCH3 is 1. The van der Waals surface area contributed by atoms with Crippen LogP contribution < -0.4 is 15.0 Å². The molecule has 2 amide bonds. The normalized spacial score (nSPS) is 15.8. The maximum absolute atomic E-state index is 12.6. The Bertz CT molecular complexity index is 874. The Morgan fingerprint density at radius 1 is 1.03 bits per heavy atom. The second-order valence-electron chi connectivity index (χ2n) is 7.28. The molecular formula is C22H27N3O4. The molecule has 0 radical (unpaired) electrons. The van der Waals surface area contributed by atoms with Gasteiger partial charge in [0.2, 0.25) is 11.8 Å². The van der Waals surface area contributed by atoms with Crippen molar-refractivity contribution in [3.8, 4) is 5.75 Å². The van der Waals surface area contributed by atoms with Crippen molar-refractivity contribution in [1.82, 2.24) is 4.90 Å². The molecule has 4 rings (SSSR count). The number of ether oxygens (including phenoxy) is 1. The van der Waals surface area contributed by atoms with E-state index in [1.54, 1.807) is 7.11 Å². The molecule has 1 saturated heterocycles. The lowest BCUT2D eigenvalue weighted by molar-refractivity contribution is -0.130. The van der Waals surface area contributed by atoms with Crippen LogP contribution >= 0.6 is 0 Å². The number of benzene rings is 2. The van der Waals surface area contributed by atoms with Gasteiger partial charge in [-0.25, -0.2) is 0 Å². The fourth-order valence-corrected chi connectivity index (χ4v) is 3.81. The number of carbonyl (C=O) groups excluding carboxylic acids is 2. The molecule has 154 valence electrons. The molecule has 2 aromatic carbocycles. The highest BCUT2D eigenvalue weighted by Gasteiger charge is 2.23. The van der Waals surface area contributed by atoms with Gasteiger partial charge in [0.05, 0.1) is 13.5 Å². The molecular weight excluding hydrogens is 370 g/mol. The van der Waals surface area contributed by atoms with Crippen LogP contribution in [0.5, 0.6) is 5.75 Å². The number of nitrogens with zero attached hydrogens (tertiary/aromatic N) is 2. The first kappa shape index (κ1) is 20.7. The van der Waals surface area contributed by atoms with Crippen LogP contribution in [0.15, 0.2) is 42.5 Å². The Balaban J connectivity index is 0.00000240. The number of anilines is 2. The van der Waals surface area contributed by atoms with Gasteiger partial charge in [0.1, 0.15) is 5.75 Å². The number of nitrogens with one attached hydrogen (secondary N) is 1. The van der Waals surface area contributed by atoms with Gasteiger partial charge in [-0.15, -0.1) is 0 Å². The number of fused-ring (bicyclic) bond motifs is 1. The summed E-state index contributed by atoms with van der Waals surface area (Å²) in [5.74, 6) is 1.05. The summed E-state index contributed by atoms with van der Waals surface area (Å²) in [6, 6.07) is 13.9. The zero-order valence-corrected chi connectivity index (χ0v) is 16.6. The number of carbonyl (C=O) groups is 2. The first-order valence-corrected chi connectivity index (χ1v) is 9.71. The average Bonchev–Trinajstić information content (AvgIpc) is 2.74. The molecule has 0 saturated carbocycles. The van der Waals surface area contributed by atoms with Crippen molar-refractivity contribution in [2.24, 2.45) is 0 Å². The lowest BCUT2D eigenvalue weighted by atomic mass is 10.0. The number of amides is 2. The lowest BCUT2D eigenvalue weighted by Crippen LogP contribution is -2.49. The summed E-state index contributed by atoms with van der Waals surface area (Å²) in [6.07, 6.45) is 1.75. The minimum Gasteiger partial charge on any atom is -0.497 e. The van der Waals surface area contributed by atoms with E-state index in [2.05, 4.69) is 22.3 Å². The standard InChI is InChI=1S/C22H25N3O3.H2O/c1-28-19-6-2-16(3-7-19)14-22(27)25-12-10-24(11-13-25)18-5-8-20-17(15-18)4-9-21(26)23-20;/h2-3,5-8,15H,4,9-14H2,1H3,(H,23,26);1H2. The smallest absolute Gasteiger partial charge is 0.227 e. The van der Waals surface area contributed by atoms with E-state index in [1.165, 1.54) is 5.56 Å². The van der Waals surface area contributed by atoms with Gasteiger partial charge in [-0.3, -0.25) is 9.59 Å². The van der Waals surface area contributed by atoms with Gasteiger partial charge in [0.15, 0.2) is 0 Å². The zero-order chi connectivity index (χ0) is 19.5. The Labute approximate surface area is 170 Å². The van der Waals surface area contributed by atoms with Crippen molar-refractivity contribution in [2.75, 3.05) is 43.5 Å². The highest BCUT2D eigenvalue weighted by Crippen LogP contribution is 2.28. The summed E-state index contributed by atoms with van der Waals surface area (Å²) >= 11 is 0. The van der Waals surface area contributed by atoms with E-state index in [1.807, 2.05) is 35.2 Å². The fraction of sp³-hybridized carbons (Fsp3) is 0.364. The van der Waals surface area contributed by atoms with Crippen molar-refractivity contribution in [1.29, 1.82) is 0 Å². The molecule has 0 aliphatic carbocycles. The predicted octanol–water partition coefficient (Wildman–Crippen LogP) is 1.65. The molecule has 1 fully saturated rings. The Hall–Kier alpha value is -3.06. The minimum absolute atomic E-state index is 0. The van der Waals surface area contributed by atoms with Crippen molar-refractivity contribution in [3.63, 3.8) is 0 Å². The van der Waals surface area contributed by atoms with Gasteiger partial charge >= 0.3 is 0 Å². The Morgan fingerprint density at radius 3 is 2.45 bits per heavy atom. The second kappa shape index (κ2) is 8.96. The fourth-order valence-electron chi connectivity index (χ4n) is 3.81. The molecule has 2 heterocycles. The minimum atomic E-state index is 0. The van der Waals surface area contributed by atoms with Gasteiger partial charge in [-0.05, 0) is 47.9 Å². The summed E-state index contributed by atoms with van der Waals surface area (Å²) in [4.78, 5) is 28.4. The Morgan fingerprint density at radius 2 is 1.76 bits per heavy atom. The summed E-state index contributed by atoms with van der Waals surface area (Å²) in [7, 11) is 1.64. The van der Waals surface area contributed by atoms with Crippen molar-refractivity contribution >= 4 is 23.2 Å². The number of hydrogen-bond donors (Lipinski definition) is 1. The second-order valence-corrected chi connectivity index (χ2v) is 7.28. The van der Waals surface area contributed by atoms with Crippen LogP contribution in [0.3, 0.4) is 0 Å². The third-order valence-electron chi connectivity index (χ3n) is 5.50. The van der Waals surface area contributed by atoms with Gasteiger partial charge in [-0.1, -0.05) is 12.1 Å². The van der Waals surface area contributed by atoms with Crippen molar-refractivity contribution in [2.45, 2.75) is 19.3 Å². The largest absolute Gasteiger partial charge is 0.497 e. The maximum atomic E-state index is 12.6. The van der Waals surface area contributed by atoms with E-state index in [0.29, 0.717) is 12.8 Å². The molecule has 7 heteroatoms. The van der Waals surface area contributed by atoms with E-state index < -0.39 is 0 Å². The first-order valence-electron chi connectivity index (χ1n) is 9.71. The zero-order valence-electron chi connectivity index (χ0n) is 16.6. The quantitative estimate of drug-likeness (QED) is 0.849. The van der Waals surface area contributed by atoms with Crippen LogP contribution in [-0.2, 0) is 22.4 Å². The average molecular weight is 397 g/mol. The highest BCUT2D eigenvalue weighted by molar-refractivity contribution is 5.94. The SMILES string of the molecule is COc1ccc(CC(=O)N2CCN(c3ccc4c(c3)CCC(=O)N4)CC2)cc1.O. The lowest BCUT2D eigenvalue weighted by Gasteiger charge is -2.36. The Kier molecular flexibility index (Phi) is 6.39. The number of rotatable bonds is 4.